The van der Waals surface area contributed by atoms with Crippen molar-refractivity contribution in [1.82, 2.24) is 5.32 Å². The Kier molecular flexibility index (Phi) is 3.13. The monoisotopic (exact) mass is 235 g/mol. The topological polar surface area (TPSA) is 67.6 Å². The highest BCUT2D eigenvalue weighted by molar-refractivity contribution is 5.54. The van der Waals surface area contributed by atoms with Crippen LogP contribution in [0.25, 0.3) is 0 Å². The van der Waals surface area contributed by atoms with Gasteiger partial charge in [0.15, 0.2) is 5.82 Å². The summed E-state index contributed by atoms with van der Waals surface area (Å²) in [6.45, 7) is 1.41. The summed E-state index contributed by atoms with van der Waals surface area (Å²) in [7, 11) is 1.60. The molecule has 1 aliphatic rings. The van der Waals surface area contributed by atoms with Crippen LogP contribution in [-0.2, 0) is 0 Å². The fourth-order valence-electron chi connectivity index (χ4n) is 1.76. The molecule has 1 aromatic carbocycles. The maximum atomic E-state index is 10.5. The number of methoxy groups -OCH3 is 1. The van der Waals surface area contributed by atoms with Crippen molar-refractivity contribution in [3.63, 3.8) is 0 Å². The van der Waals surface area contributed by atoms with Crippen molar-refractivity contribution >= 4 is 5.69 Å². The van der Waals surface area contributed by atoms with Gasteiger partial charge in [-0.1, -0.05) is 0 Å². The number of hydrogen-bond acceptors (Lipinski definition) is 5. The molecule has 0 atom stereocenters. The molecule has 1 N–H and O–H groups in total. The molecule has 0 unspecified atom stereocenters. The van der Waals surface area contributed by atoms with Crippen LogP contribution in [0.5, 0.6) is 5.75 Å². The summed E-state index contributed by atoms with van der Waals surface area (Å²) in [6.07, 6.45) is 0.983. The molecule has 0 saturated carbocycles. The van der Waals surface area contributed by atoms with E-state index >= 15 is 0 Å². The molecule has 17 heavy (non-hydrogen) atoms. The highest BCUT2D eigenvalue weighted by Gasteiger charge is 2.20. The van der Waals surface area contributed by atoms with Gasteiger partial charge in [-0.3, -0.25) is 10.1 Å². The van der Waals surface area contributed by atoms with E-state index in [9.17, 15) is 10.1 Å². The highest BCUT2D eigenvalue weighted by atomic mass is 16.6. The summed E-state index contributed by atoms with van der Waals surface area (Å²) in [5.74, 6) is 1.28. The number of nitrogens with zero attached hydrogens (tertiary/aromatic N) is 2. The smallest absolute Gasteiger partial charge is 0.274 e. The van der Waals surface area contributed by atoms with Gasteiger partial charge in [0.2, 0.25) is 0 Å². The van der Waals surface area contributed by atoms with Crippen LogP contribution < -0.4 is 15.0 Å². The predicted octanol–water partition coefficient (Wildman–Crippen LogP) is 1.18. The summed E-state index contributed by atoms with van der Waals surface area (Å²) in [4.78, 5) is 11.9. The fourth-order valence-corrected chi connectivity index (χ4v) is 1.76. The van der Waals surface area contributed by atoms with Crippen LogP contribution in [0.3, 0.4) is 0 Å². The van der Waals surface area contributed by atoms with E-state index in [0.717, 1.165) is 17.6 Å². The highest BCUT2D eigenvalue weighted by Crippen LogP contribution is 2.23. The molecule has 1 aliphatic heterocycles. The normalized spacial score (nSPS) is 17.0. The lowest BCUT2D eigenvalue weighted by atomic mass is 10.3. The first-order valence-electron chi connectivity index (χ1n) is 5.21. The minimum atomic E-state index is -0.454. The molecule has 1 fully saturated rings. The Morgan fingerprint density at radius 1 is 1.47 bits per heavy atom. The zero-order chi connectivity index (χ0) is 12.3. The second kappa shape index (κ2) is 4.73. The standard InChI is InChI=1S/C11H13N3O3/c1-17-10-4-2-9(3-5-10)13-7-6-12-11(13)8-14(15)16/h2-5,8,12H,6-7H2,1H3. The maximum Gasteiger partial charge on any atom is 0.274 e. The molecular formula is C11H13N3O3. The van der Waals surface area contributed by atoms with E-state index in [1.807, 2.05) is 29.2 Å². The average Bonchev–Trinajstić information content (AvgIpc) is 2.76. The zero-order valence-electron chi connectivity index (χ0n) is 9.42. The van der Waals surface area contributed by atoms with Crippen LogP contribution in [0.15, 0.2) is 36.3 Å². The molecule has 1 aromatic rings. The van der Waals surface area contributed by atoms with E-state index in [2.05, 4.69) is 5.32 Å². The number of ether oxygens (including phenoxy) is 1. The molecule has 2 rings (SSSR count). The second-order valence-corrected chi connectivity index (χ2v) is 3.58. The molecular weight excluding hydrogens is 222 g/mol. The van der Waals surface area contributed by atoms with E-state index in [1.165, 1.54) is 0 Å². The number of hydrogen-bond donors (Lipinski definition) is 1. The van der Waals surface area contributed by atoms with Gasteiger partial charge in [-0.05, 0) is 24.3 Å². The fraction of sp³-hybridized carbons (Fsp3) is 0.273. The van der Waals surface area contributed by atoms with Crippen LogP contribution >= 0.6 is 0 Å². The first-order chi connectivity index (χ1) is 8.20. The zero-order valence-corrected chi connectivity index (χ0v) is 9.42. The predicted molar refractivity (Wildman–Crippen MR) is 63.4 cm³/mol. The van der Waals surface area contributed by atoms with Crippen LogP contribution in [0.1, 0.15) is 0 Å². The van der Waals surface area contributed by atoms with Crippen molar-refractivity contribution in [2.45, 2.75) is 0 Å². The lowest BCUT2D eigenvalue weighted by molar-refractivity contribution is -0.403. The van der Waals surface area contributed by atoms with Crippen molar-refractivity contribution < 1.29 is 9.66 Å². The molecule has 0 bridgehead atoms. The van der Waals surface area contributed by atoms with Gasteiger partial charge in [0.25, 0.3) is 6.20 Å². The Morgan fingerprint density at radius 2 is 2.18 bits per heavy atom. The van der Waals surface area contributed by atoms with Crippen molar-refractivity contribution in [2.75, 3.05) is 25.1 Å². The molecule has 1 heterocycles. The molecule has 6 nitrogen and oxygen atoms in total. The Bertz CT molecular complexity index is 442. The van der Waals surface area contributed by atoms with Crippen molar-refractivity contribution in [3.05, 3.63) is 46.4 Å². The minimum Gasteiger partial charge on any atom is -0.497 e. The van der Waals surface area contributed by atoms with Gasteiger partial charge >= 0.3 is 0 Å². The van der Waals surface area contributed by atoms with E-state index in [4.69, 9.17) is 4.74 Å². The molecule has 6 heteroatoms. The Labute approximate surface area is 98.6 Å². The number of nitro groups is 1. The molecule has 0 aromatic heterocycles. The van der Waals surface area contributed by atoms with Gasteiger partial charge < -0.3 is 15.0 Å². The van der Waals surface area contributed by atoms with Crippen LogP contribution in [0, 0.1) is 10.1 Å². The first-order valence-corrected chi connectivity index (χ1v) is 5.21. The molecule has 1 saturated heterocycles. The lowest BCUT2D eigenvalue weighted by Crippen LogP contribution is -2.20. The van der Waals surface area contributed by atoms with Gasteiger partial charge in [-0.25, -0.2) is 0 Å². The molecule has 0 spiro atoms. The third kappa shape index (κ3) is 2.47. The molecule has 0 aliphatic carbocycles. The Hall–Kier alpha value is -2.24. The maximum absolute atomic E-state index is 10.5. The largest absolute Gasteiger partial charge is 0.497 e. The lowest BCUT2D eigenvalue weighted by Gasteiger charge is -2.17. The number of rotatable bonds is 3. The number of anilines is 1. The van der Waals surface area contributed by atoms with Gasteiger partial charge in [0.05, 0.1) is 12.0 Å². The van der Waals surface area contributed by atoms with Crippen molar-refractivity contribution in [2.24, 2.45) is 0 Å². The third-order valence-electron chi connectivity index (χ3n) is 2.54. The van der Waals surface area contributed by atoms with E-state index in [-0.39, 0.29) is 0 Å². The van der Waals surface area contributed by atoms with Crippen molar-refractivity contribution in [1.29, 1.82) is 0 Å². The Balaban J connectivity index is 2.23. The summed E-state index contributed by atoms with van der Waals surface area (Å²) in [5, 5.41) is 13.5. The average molecular weight is 235 g/mol. The summed E-state index contributed by atoms with van der Waals surface area (Å²) < 4.78 is 5.07. The second-order valence-electron chi connectivity index (χ2n) is 3.58. The van der Waals surface area contributed by atoms with E-state index in [1.54, 1.807) is 7.11 Å². The number of nitrogens with one attached hydrogen (secondary N) is 1. The molecule has 90 valence electrons. The van der Waals surface area contributed by atoms with Gasteiger partial charge in [0.1, 0.15) is 5.75 Å². The minimum absolute atomic E-state index is 0.454. The van der Waals surface area contributed by atoms with Crippen LogP contribution in [0.4, 0.5) is 5.69 Å². The van der Waals surface area contributed by atoms with Gasteiger partial charge in [0, 0.05) is 18.8 Å². The first kappa shape index (κ1) is 11.3. The van der Waals surface area contributed by atoms with E-state index in [0.29, 0.717) is 18.9 Å². The van der Waals surface area contributed by atoms with E-state index < -0.39 is 4.92 Å². The van der Waals surface area contributed by atoms with Gasteiger partial charge in [-0.15, -0.1) is 0 Å². The van der Waals surface area contributed by atoms with Crippen molar-refractivity contribution in [3.8, 4) is 5.75 Å². The third-order valence-corrected chi connectivity index (χ3v) is 2.54. The van der Waals surface area contributed by atoms with Gasteiger partial charge in [-0.2, -0.15) is 0 Å². The van der Waals surface area contributed by atoms with Crippen LogP contribution in [-0.4, -0.2) is 25.1 Å². The SMILES string of the molecule is COc1ccc(N2CCNC2=C[N+](=O)[O-])cc1. The molecule has 0 radical (unpaired) electrons. The Morgan fingerprint density at radius 3 is 2.76 bits per heavy atom. The molecule has 0 amide bonds. The summed E-state index contributed by atoms with van der Waals surface area (Å²) in [5.41, 5.74) is 0.906. The summed E-state index contributed by atoms with van der Waals surface area (Å²) >= 11 is 0. The quantitative estimate of drug-likeness (QED) is 0.629. The number of benzene rings is 1. The summed E-state index contributed by atoms with van der Waals surface area (Å²) in [6, 6.07) is 7.41. The van der Waals surface area contributed by atoms with Crippen LogP contribution in [0.2, 0.25) is 0 Å².